The highest BCUT2D eigenvalue weighted by Gasteiger charge is 2.48. The van der Waals surface area contributed by atoms with E-state index in [-0.39, 0.29) is 42.9 Å². The second kappa shape index (κ2) is 12.8. The topological polar surface area (TPSA) is 196 Å². The van der Waals surface area contributed by atoms with Crippen molar-refractivity contribution in [3.63, 3.8) is 0 Å². The van der Waals surface area contributed by atoms with Gasteiger partial charge in [-0.05, 0) is 0 Å². The van der Waals surface area contributed by atoms with Crippen molar-refractivity contribution in [3.8, 4) is 0 Å². The van der Waals surface area contributed by atoms with Gasteiger partial charge in [-0.25, -0.2) is 28.9 Å². The van der Waals surface area contributed by atoms with Gasteiger partial charge in [0.15, 0.2) is 35.3 Å². The first-order valence-electron chi connectivity index (χ1n) is 11.7. The van der Waals surface area contributed by atoms with Crippen LogP contribution in [0.25, 0.3) is 22.3 Å². The molecule has 0 aliphatic carbocycles. The maximum atomic E-state index is 15.3. The van der Waals surface area contributed by atoms with Crippen molar-refractivity contribution in [2.45, 2.75) is 43.4 Å². The number of ether oxygens (including phenoxy) is 4. The number of nitrogen functional groups attached to an aromatic ring is 1. The molecule has 4 aromatic heterocycles. The standard InChI is InChI=1S/C20H23FN9O7PS2/c21-12-10(36-18(14(12)37-38-32)30-7-25-13-16(30)27-19(22)28-17(13)31)4-35-20(40)34-2-1-29-11(5-33-8-39)26-9-3-23-6-24-15(9)29/h3,6-7,10,12,14,18,20,39-40H,1-2,4-5,8H2,(H3,22,27,28,31)/t10-,12+,14-,18-,20?/m1/s1. The Hall–Kier alpha value is -2.77. The first kappa shape index (κ1) is 28.7. The van der Waals surface area contributed by atoms with E-state index in [0.29, 0.717) is 23.5 Å². The van der Waals surface area contributed by atoms with Crippen molar-refractivity contribution in [2.24, 2.45) is 0 Å². The van der Waals surface area contributed by atoms with Gasteiger partial charge in [-0.1, -0.05) is 0 Å². The molecule has 20 heteroatoms. The number of imidazole rings is 2. The quantitative estimate of drug-likeness (QED) is 0.0946. The minimum absolute atomic E-state index is 0.0346. The normalized spacial score (nSPS) is 22.1. The van der Waals surface area contributed by atoms with Gasteiger partial charge in [-0.2, -0.15) is 17.6 Å². The molecule has 1 saturated heterocycles. The van der Waals surface area contributed by atoms with Crippen molar-refractivity contribution < 1.29 is 32.4 Å². The molecule has 1 aliphatic rings. The zero-order valence-corrected chi connectivity index (χ0v) is 23.1. The van der Waals surface area contributed by atoms with Gasteiger partial charge in [-0.15, -0.1) is 12.6 Å². The molecule has 40 heavy (non-hydrogen) atoms. The molecule has 0 bridgehead atoms. The Bertz CT molecular complexity index is 1540. The van der Waals surface area contributed by atoms with E-state index >= 15 is 4.39 Å². The Morgan fingerprint density at radius 3 is 2.92 bits per heavy atom. The lowest BCUT2D eigenvalue weighted by Crippen LogP contribution is -2.32. The molecule has 5 heterocycles. The van der Waals surface area contributed by atoms with E-state index in [1.54, 1.807) is 6.20 Å². The number of hydrogen-bond acceptors (Lipinski definition) is 15. The summed E-state index contributed by atoms with van der Waals surface area (Å²) in [7, 11) is -0.769. The summed E-state index contributed by atoms with van der Waals surface area (Å²) in [6, 6.07) is 0. The molecule has 1 fully saturated rings. The van der Waals surface area contributed by atoms with Gasteiger partial charge >= 0.3 is 8.69 Å². The van der Waals surface area contributed by atoms with Crippen molar-refractivity contribution in [3.05, 3.63) is 35.0 Å². The van der Waals surface area contributed by atoms with Crippen LogP contribution in [0.15, 0.2) is 23.6 Å². The van der Waals surface area contributed by atoms with E-state index in [0.717, 1.165) is 0 Å². The third kappa shape index (κ3) is 5.96. The van der Waals surface area contributed by atoms with Gasteiger partial charge in [0.25, 0.3) is 5.56 Å². The zero-order valence-electron chi connectivity index (χ0n) is 20.4. The fraction of sp³-hybridized carbons (Fsp3) is 0.500. The molecule has 0 radical (unpaired) electrons. The Balaban J connectivity index is 1.21. The maximum Gasteiger partial charge on any atom is 0.327 e. The van der Waals surface area contributed by atoms with Crippen molar-refractivity contribution >= 4 is 62.2 Å². The lowest BCUT2D eigenvalue weighted by atomic mass is 10.1. The Labute approximate surface area is 236 Å². The molecule has 0 aromatic carbocycles. The zero-order chi connectivity index (χ0) is 28.2. The highest BCUT2D eigenvalue weighted by atomic mass is 32.1. The molecule has 214 valence electrons. The summed E-state index contributed by atoms with van der Waals surface area (Å²) < 4.78 is 57.0. The number of nitrogens with one attached hydrogen (secondary N) is 1. The number of thiol groups is 2. The van der Waals surface area contributed by atoms with Gasteiger partial charge in [0.2, 0.25) is 11.6 Å². The number of hydrogen-bond donors (Lipinski definition) is 4. The fourth-order valence-electron chi connectivity index (χ4n) is 4.22. The largest absolute Gasteiger partial charge is 0.369 e. The van der Waals surface area contributed by atoms with Gasteiger partial charge < -0.3 is 29.2 Å². The number of fused-ring (bicyclic) bond motifs is 2. The lowest BCUT2D eigenvalue weighted by molar-refractivity contribution is -0.124. The summed E-state index contributed by atoms with van der Waals surface area (Å²) in [5.41, 5.74) is 5.23. The van der Waals surface area contributed by atoms with E-state index in [1.807, 2.05) is 4.57 Å². The number of H-pyrrole nitrogens is 1. The van der Waals surface area contributed by atoms with E-state index in [9.17, 15) is 9.36 Å². The van der Waals surface area contributed by atoms with Crippen LogP contribution in [0.2, 0.25) is 0 Å². The van der Waals surface area contributed by atoms with Gasteiger partial charge in [0.1, 0.15) is 30.4 Å². The summed E-state index contributed by atoms with van der Waals surface area (Å²) in [6.45, 7) is 0.419. The summed E-state index contributed by atoms with van der Waals surface area (Å²) >= 11 is 8.32. The molecule has 5 rings (SSSR count). The monoisotopic (exact) mass is 615 g/mol. The van der Waals surface area contributed by atoms with Crippen molar-refractivity contribution in [1.29, 1.82) is 0 Å². The van der Waals surface area contributed by atoms with E-state index in [1.165, 1.54) is 17.2 Å². The molecule has 0 amide bonds. The third-order valence-electron chi connectivity index (χ3n) is 5.94. The molecule has 0 saturated carbocycles. The highest BCUT2D eigenvalue weighted by Crippen LogP contribution is 2.37. The van der Waals surface area contributed by atoms with E-state index in [2.05, 4.69) is 55.2 Å². The predicted molar refractivity (Wildman–Crippen MR) is 142 cm³/mol. The molecular weight excluding hydrogens is 592 g/mol. The van der Waals surface area contributed by atoms with E-state index < -0.39 is 44.5 Å². The highest BCUT2D eigenvalue weighted by molar-refractivity contribution is 7.80. The first-order valence-corrected chi connectivity index (χ1v) is 13.5. The summed E-state index contributed by atoms with van der Waals surface area (Å²) in [6.07, 6.45) is -1.19. The Morgan fingerprint density at radius 2 is 2.12 bits per heavy atom. The van der Waals surface area contributed by atoms with Crippen LogP contribution in [0.3, 0.4) is 0 Å². The molecule has 3 N–H and O–H groups in total. The number of anilines is 1. The van der Waals surface area contributed by atoms with Crippen LogP contribution in [0.1, 0.15) is 12.1 Å². The second-order valence-corrected chi connectivity index (χ2v) is 9.37. The molecule has 0 spiro atoms. The van der Waals surface area contributed by atoms with Crippen LogP contribution in [0, 0.1) is 0 Å². The molecule has 16 nitrogen and oxygen atoms in total. The minimum Gasteiger partial charge on any atom is -0.369 e. The van der Waals surface area contributed by atoms with Gasteiger partial charge in [0, 0.05) is 6.54 Å². The SMILES string of the molecule is Nc1nc2c(ncn2[C@@H]2O[C@H](COC(S)OCCn3c(COCS)nc4cncnc43)[C@H](F)[C@H]2OP=O)c(=O)[nH]1. The minimum atomic E-state index is -1.77. The smallest absolute Gasteiger partial charge is 0.327 e. The molecular formula is C20H23FN9O7PS2. The maximum absolute atomic E-state index is 15.3. The fourth-order valence-corrected chi connectivity index (χ4v) is 4.82. The molecule has 5 atom stereocenters. The average molecular weight is 616 g/mol. The number of halogens is 1. The summed E-state index contributed by atoms with van der Waals surface area (Å²) in [5.74, 6) is 0.669. The van der Waals surface area contributed by atoms with Crippen LogP contribution in [-0.4, -0.2) is 82.2 Å². The summed E-state index contributed by atoms with van der Waals surface area (Å²) in [5, 5.41) is 0. The van der Waals surface area contributed by atoms with Crippen molar-refractivity contribution in [1.82, 2.24) is 39.0 Å². The van der Waals surface area contributed by atoms with Crippen LogP contribution in [0.5, 0.6) is 0 Å². The van der Waals surface area contributed by atoms with E-state index in [4.69, 9.17) is 29.2 Å². The Kier molecular flexibility index (Phi) is 9.21. The lowest BCUT2D eigenvalue weighted by Gasteiger charge is -2.18. The third-order valence-corrected chi connectivity index (χ3v) is 6.75. The second-order valence-electron chi connectivity index (χ2n) is 8.33. The number of aromatic nitrogens is 8. The molecule has 4 aromatic rings. The molecule has 1 unspecified atom stereocenters. The number of rotatable bonds is 13. The Morgan fingerprint density at radius 1 is 1.27 bits per heavy atom. The van der Waals surface area contributed by atoms with Crippen molar-refractivity contribution in [2.75, 3.05) is 24.9 Å². The van der Waals surface area contributed by atoms with Gasteiger partial charge in [0.05, 0.1) is 31.7 Å². The van der Waals surface area contributed by atoms with Crippen LogP contribution >= 0.6 is 33.9 Å². The van der Waals surface area contributed by atoms with Crippen LogP contribution in [-0.2, 0) is 41.2 Å². The predicted octanol–water partition coefficient (Wildman–Crippen LogP) is 1.02. The van der Waals surface area contributed by atoms with Crippen LogP contribution < -0.4 is 11.3 Å². The number of nitrogens with zero attached hydrogens (tertiary/aromatic N) is 7. The molecule has 1 aliphatic heterocycles. The number of nitrogens with two attached hydrogens (primary N) is 1. The van der Waals surface area contributed by atoms with Crippen LogP contribution in [0.4, 0.5) is 10.3 Å². The summed E-state index contributed by atoms with van der Waals surface area (Å²) in [4.78, 5) is 35.2. The number of alkyl halides is 1. The average Bonchev–Trinajstić information content (AvgIpc) is 3.60. The first-order chi connectivity index (χ1) is 19.4. The number of aromatic amines is 1. The van der Waals surface area contributed by atoms with Gasteiger partial charge in [-0.3, -0.25) is 18.9 Å².